The SMILES string of the molecule is Cc1cccc(Cl)c1-c1cc2cnc(NC(=O)C3CC3)cc2n(C)c1=O. The number of benzene rings is 1. The van der Waals surface area contributed by atoms with Gasteiger partial charge in [0.25, 0.3) is 5.56 Å². The molecule has 1 N–H and O–H groups in total. The van der Waals surface area contributed by atoms with Crippen molar-refractivity contribution in [2.24, 2.45) is 13.0 Å². The molecule has 0 spiro atoms. The van der Waals surface area contributed by atoms with Crippen LogP contribution in [0.25, 0.3) is 22.0 Å². The summed E-state index contributed by atoms with van der Waals surface area (Å²) in [4.78, 5) is 29.2. The molecule has 0 saturated heterocycles. The first kappa shape index (κ1) is 16.8. The largest absolute Gasteiger partial charge is 0.311 e. The highest BCUT2D eigenvalue weighted by molar-refractivity contribution is 6.33. The number of hydrogen-bond acceptors (Lipinski definition) is 3. The van der Waals surface area contributed by atoms with Crippen molar-refractivity contribution in [2.75, 3.05) is 5.32 Å². The zero-order valence-corrected chi connectivity index (χ0v) is 15.3. The number of carbonyl (C=O) groups is 1. The molecule has 1 aromatic carbocycles. The van der Waals surface area contributed by atoms with Crippen LogP contribution in [0.3, 0.4) is 0 Å². The molecule has 26 heavy (non-hydrogen) atoms. The number of nitrogens with zero attached hydrogens (tertiary/aromatic N) is 2. The van der Waals surface area contributed by atoms with Gasteiger partial charge in [-0.15, -0.1) is 0 Å². The van der Waals surface area contributed by atoms with Crippen molar-refractivity contribution < 1.29 is 4.79 Å². The summed E-state index contributed by atoms with van der Waals surface area (Å²) in [5.74, 6) is 0.554. The molecule has 3 aromatic rings. The van der Waals surface area contributed by atoms with Crippen LogP contribution in [0.4, 0.5) is 5.82 Å². The van der Waals surface area contributed by atoms with Gasteiger partial charge in [-0.25, -0.2) is 4.98 Å². The number of halogens is 1. The Hall–Kier alpha value is -2.66. The smallest absolute Gasteiger partial charge is 0.258 e. The first-order valence-electron chi connectivity index (χ1n) is 8.52. The zero-order chi connectivity index (χ0) is 18.4. The lowest BCUT2D eigenvalue weighted by atomic mass is 10.0. The minimum atomic E-state index is -0.139. The lowest BCUT2D eigenvalue weighted by Crippen LogP contribution is -2.20. The molecule has 1 aliphatic carbocycles. The van der Waals surface area contributed by atoms with Gasteiger partial charge in [0.2, 0.25) is 5.91 Å². The Labute approximate surface area is 155 Å². The molecule has 2 heterocycles. The van der Waals surface area contributed by atoms with Gasteiger partial charge in [0, 0.05) is 46.8 Å². The molecular weight excluding hydrogens is 350 g/mol. The summed E-state index contributed by atoms with van der Waals surface area (Å²) >= 11 is 6.35. The number of rotatable bonds is 3. The summed E-state index contributed by atoms with van der Waals surface area (Å²) in [7, 11) is 1.72. The third-order valence-corrected chi connectivity index (χ3v) is 5.11. The average molecular weight is 368 g/mol. The normalized spacial score (nSPS) is 13.8. The highest BCUT2D eigenvalue weighted by Crippen LogP contribution is 2.32. The van der Waals surface area contributed by atoms with E-state index in [0.29, 0.717) is 21.9 Å². The summed E-state index contributed by atoms with van der Waals surface area (Å²) in [6.07, 6.45) is 3.53. The summed E-state index contributed by atoms with van der Waals surface area (Å²) in [5, 5.41) is 4.18. The molecule has 0 radical (unpaired) electrons. The number of pyridine rings is 2. The third kappa shape index (κ3) is 2.88. The van der Waals surface area contributed by atoms with Crippen molar-refractivity contribution in [3.05, 3.63) is 57.5 Å². The molecule has 0 unspecified atom stereocenters. The summed E-state index contributed by atoms with van der Waals surface area (Å²) in [6, 6.07) is 9.12. The van der Waals surface area contributed by atoms with E-state index >= 15 is 0 Å². The maximum atomic E-state index is 12.9. The zero-order valence-electron chi connectivity index (χ0n) is 14.5. The van der Waals surface area contributed by atoms with Crippen molar-refractivity contribution in [1.82, 2.24) is 9.55 Å². The summed E-state index contributed by atoms with van der Waals surface area (Å²) in [5.41, 5.74) is 2.79. The first-order chi connectivity index (χ1) is 12.5. The summed E-state index contributed by atoms with van der Waals surface area (Å²) in [6.45, 7) is 1.93. The quantitative estimate of drug-likeness (QED) is 0.763. The van der Waals surface area contributed by atoms with E-state index < -0.39 is 0 Å². The Balaban J connectivity index is 1.84. The van der Waals surface area contributed by atoms with E-state index in [2.05, 4.69) is 10.3 Å². The standard InChI is InChI=1S/C20H18ClN3O2/c1-11-4-3-5-15(21)18(11)14-8-13-10-22-17(23-19(25)12-6-7-12)9-16(13)24(2)20(14)26/h3-5,8-10,12H,6-7H2,1-2H3,(H,22,23,25). The number of amides is 1. The van der Waals surface area contributed by atoms with Gasteiger partial charge in [-0.2, -0.15) is 0 Å². The van der Waals surface area contributed by atoms with Gasteiger partial charge in [0.1, 0.15) is 5.82 Å². The Morgan fingerprint density at radius 2 is 2.08 bits per heavy atom. The maximum Gasteiger partial charge on any atom is 0.258 e. The molecule has 4 rings (SSSR count). The van der Waals surface area contributed by atoms with E-state index in [1.54, 1.807) is 29.9 Å². The molecule has 0 aliphatic heterocycles. The van der Waals surface area contributed by atoms with Crippen LogP contribution in [0.2, 0.25) is 5.02 Å². The fraction of sp³-hybridized carbons (Fsp3) is 0.250. The Kier molecular flexibility index (Phi) is 4.04. The fourth-order valence-corrected chi connectivity index (χ4v) is 3.48. The number of hydrogen-bond donors (Lipinski definition) is 1. The lowest BCUT2D eigenvalue weighted by Gasteiger charge is -2.13. The van der Waals surface area contributed by atoms with Crippen molar-refractivity contribution in [2.45, 2.75) is 19.8 Å². The Bertz CT molecular complexity index is 1080. The minimum absolute atomic E-state index is 0.00911. The van der Waals surface area contributed by atoms with Crippen LogP contribution in [0, 0.1) is 12.8 Å². The van der Waals surface area contributed by atoms with E-state index in [9.17, 15) is 9.59 Å². The second kappa shape index (κ2) is 6.25. The predicted octanol–water partition coefficient (Wildman–Crippen LogP) is 3.91. The fourth-order valence-electron chi connectivity index (χ4n) is 3.16. The molecular formula is C20H18ClN3O2. The molecule has 1 amide bonds. The maximum absolute atomic E-state index is 12.9. The van der Waals surface area contributed by atoms with E-state index in [-0.39, 0.29) is 17.4 Å². The van der Waals surface area contributed by atoms with E-state index in [4.69, 9.17) is 11.6 Å². The minimum Gasteiger partial charge on any atom is -0.311 e. The number of fused-ring (bicyclic) bond motifs is 1. The van der Waals surface area contributed by atoms with Gasteiger partial charge < -0.3 is 9.88 Å². The molecule has 5 nitrogen and oxygen atoms in total. The van der Waals surface area contributed by atoms with Gasteiger partial charge in [-0.1, -0.05) is 23.7 Å². The Morgan fingerprint density at radius 3 is 2.77 bits per heavy atom. The molecule has 132 valence electrons. The molecule has 0 bridgehead atoms. The van der Waals surface area contributed by atoms with Gasteiger partial charge in [0.15, 0.2) is 0 Å². The van der Waals surface area contributed by atoms with Crippen LogP contribution in [0.5, 0.6) is 0 Å². The summed E-state index contributed by atoms with van der Waals surface area (Å²) < 4.78 is 1.57. The average Bonchev–Trinajstić information content (AvgIpc) is 3.44. The molecule has 2 aromatic heterocycles. The van der Waals surface area contributed by atoms with Gasteiger partial charge >= 0.3 is 0 Å². The predicted molar refractivity (Wildman–Crippen MR) is 104 cm³/mol. The Morgan fingerprint density at radius 1 is 1.31 bits per heavy atom. The lowest BCUT2D eigenvalue weighted by molar-refractivity contribution is -0.117. The second-order valence-corrected chi connectivity index (χ2v) is 7.15. The van der Waals surface area contributed by atoms with Gasteiger partial charge in [-0.05, 0) is 37.5 Å². The molecule has 0 atom stereocenters. The van der Waals surface area contributed by atoms with E-state index in [1.165, 1.54) is 0 Å². The third-order valence-electron chi connectivity index (χ3n) is 4.80. The van der Waals surface area contributed by atoms with Crippen LogP contribution in [-0.4, -0.2) is 15.5 Å². The number of aromatic nitrogens is 2. The highest BCUT2D eigenvalue weighted by Gasteiger charge is 2.29. The van der Waals surface area contributed by atoms with Crippen LogP contribution in [-0.2, 0) is 11.8 Å². The topological polar surface area (TPSA) is 64.0 Å². The van der Waals surface area contributed by atoms with E-state index in [1.807, 2.05) is 25.1 Å². The first-order valence-corrected chi connectivity index (χ1v) is 8.89. The van der Waals surface area contributed by atoms with Crippen LogP contribution in [0.1, 0.15) is 18.4 Å². The molecule has 1 aliphatic rings. The van der Waals surface area contributed by atoms with Crippen molar-refractivity contribution >= 4 is 34.2 Å². The highest BCUT2D eigenvalue weighted by atomic mass is 35.5. The number of nitrogens with one attached hydrogen (secondary N) is 1. The van der Waals surface area contributed by atoms with Crippen LogP contribution in [0.15, 0.2) is 41.3 Å². The van der Waals surface area contributed by atoms with Crippen molar-refractivity contribution in [1.29, 1.82) is 0 Å². The van der Waals surface area contributed by atoms with Crippen molar-refractivity contribution in [3.8, 4) is 11.1 Å². The van der Waals surface area contributed by atoms with E-state index in [0.717, 1.165) is 29.4 Å². The second-order valence-electron chi connectivity index (χ2n) is 6.75. The number of carbonyl (C=O) groups excluding carboxylic acids is 1. The van der Waals surface area contributed by atoms with Crippen LogP contribution < -0.4 is 10.9 Å². The number of anilines is 1. The monoisotopic (exact) mass is 367 g/mol. The molecule has 1 fully saturated rings. The van der Waals surface area contributed by atoms with Gasteiger partial charge in [-0.3, -0.25) is 9.59 Å². The number of aryl methyl sites for hydroxylation is 2. The molecule has 6 heteroatoms. The molecule has 1 saturated carbocycles. The van der Waals surface area contributed by atoms with Gasteiger partial charge in [0.05, 0.1) is 5.52 Å². The van der Waals surface area contributed by atoms with Crippen molar-refractivity contribution in [3.63, 3.8) is 0 Å². The van der Waals surface area contributed by atoms with Crippen LogP contribution >= 0.6 is 11.6 Å².